The minimum atomic E-state index is -0.610. The summed E-state index contributed by atoms with van der Waals surface area (Å²) in [4.78, 5) is 35.3. The second-order valence-corrected chi connectivity index (χ2v) is 15.7. The van der Waals surface area contributed by atoms with Crippen LogP contribution in [-0.4, -0.2) is 37.6 Å². The molecule has 5 aromatic carbocycles. The van der Waals surface area contributed by atoms with Gasteiger partial charge in [-0.3, -0.25) is 9.98 Å². The molecule has 0 fully saturated rings. The molecule has 0 aliphatic carbocycles. The van der Waals surface area contributed by atoms with Crippen molar-refractivity contribution in [2.75, 3.05) is 13.2 Å². The van der Waals surface area contributed by atoms with Crippen molar-refractivity contribution in [3.63, 3.8) is 0 Å². The Hall–Kier alpha value is -5.73. The molecule has 9 heteroatoms. The monoisotopic (exact) mass is 842 g/mol. The van der Waals surface area contributed by atoms with Gasteiger partial charge in [0.2, 0.25) is 0 Å². The third-order valence-electron chi connectivity index (χ3n) is 10.2. The van der Waals surface area contributed by atoms with Gasteiger partial charge < -0.3 is 18.9 Å². The van der Waals surface area contributed by atoms with Crippen LogP contribution in [-0.2, 0) is 0 Å². The molecule has 0 unspecified atom stereocenters. The fraction of sp³-hybridized carbons (Fsp3) is 0.346. The molecule has 0 spiro atoms. The molecule has 5 rings (SSSR count). The molecule has 0 saturated heterocycles. The molecule has 320 valence electrons. The average Bonchev–Trinajstić information content (AvgIpc) is 3.27. The van der Waals surface area contributed by atoms with Crippen molar-refractivity contribution in [3.05, 3.63) is 142 Å². The number of aliphatic imine (C=N–C) groups is 2. The van der Waals surface area contributed by atoms with Crippen LogP contribution < -0.4 is 18.9 Å². The number of halogens is 1. The first-order valence-corrected chi connectivity index (χ1v) is 22.1. The Morgan fingerprint density at radius 3 is 1.41 bits per heavy atom. The second kappa shape index (κ2) is 25.1. The largest absolute Gasteiger partial charge is 0.493 e. The van der Waals surface area contributed by atoms with Gasteiger partial charge in [0.05, 0.1) is 40.7 Å². The van der Waals surface area contributed by atoms with Gasteiger partial charge in [-0.1, -0.05) is 114 Å². The van der Waals surface area contributed by atoms with Crippen LogP contribution >= 0.6 is 11.6 Å². The quantitative estimate of drug-likeness (QED) is 0.0266. The summed E-state index contributed by atoms with van der Waals surface area (Å²) in [7, 11) is 0. The fourth-order valence-corrected chi connectivity index (χ4v) is 6.70. The first kappa shape index (κ1) is 46.3. The van der Waals surface area contributed by atoms with E-state index >= 15 is 0 Å². The Morgan fingerprint density at radius 2 is 0.951 bits per heavy atom. The molecular formula is C52H59ClN2O6. The summed E-state index contributed by atoms with van der Waals surface area (Å²) < 4.78 is 23.2. The molecule has 0 bridgehead atoms. The number of hydrogen-bond acceptors (Lipinski definition) is 8. The normalized spacial score (nSPS) is 11.3. The van der Waals surface area contributed by atoms with Crippen molar-refractivity contribution in [1.82, 2.24) is 0 Å². The van der Waals surface area contributed by atoms with Gasteiger partial charge in [-0.25, -0.2) is 9.59 Å². The van der Waals surface area contributed by atoms with E-state index in [0.717, 1.165) is 71.2 Å². The lowest BCUT2D eigenvalue weighted by molar-refractivity contribution is 0.0733. The Bertz CT molecular complexity index is 2220. The molecule has 0 amide bonds. The van der Waals surface area contributed by atoms with Gasteiger partial charge in [-0.15, -0.1) is 0 Å². The highest BCUT2D eigenvalue weighted by Gasteiger charge is 2.15. The molecular weight excluding hydrogens is 784 g/mol. The Kier molecular flexibility index (Phi) is 19.1. The van der Waals surface area contributed by atoms with Gasteiger partial charge in [-0.2, -0.15) is 0 Å². The van der Waals surface area contributed by atoms with Crippen LogP contribution in [0.5, 0.6) is 23.0 Å². The Balaban J connectivity index is 1.08. The summed E-state index contributed by atoms with van der Waals surface area (Å²) in [5.41, 5.74) is 5.99. The topological polar surface area (TPSA) is 95.8 Å². The van der Waals surface area contributed by atoms with Crippen molar-refractivity contribution < 1.29 is 28.5 Å². The number of carbonyl (C=O) groups excluding carboxylic acids is 2. The smallest absolute Gasteiger partial charge is 0.343 e. The zero-order valence-electron chi connectivity index (χ0n) is 36.1. The van der Waals surface area contributed by atoms with Crippen LogP contribution in [0.4, 0.5) is 11.4 Å². The van der Waals surface area contributed by atoms with Gasteiger partial charge in [0.1, 0.15) is 17.2 Å². The van der Waals surface area contributed by atoms with E-state index in [-0.39, 0.29) is 16.5 Å². The number of rotatable bonds is 24. The molecule has 0 aliphatic heterocycles. The minimum absolute atomic E-state index is 0.0663. The molecule has 8 nitrogen and oxygen atoms in total. The fourth-order valence-electron chi connectivity index (χ4n) is 6.54. The van der Waals surface area contributed by atoms with Gasteiger partial charge >= 0.3 is 11.9 Å². The van der Waals surface area contributed by atoms with Gasteiger partial charge in [0.15, 0.2) is 5.75 Å². The molecule has 0 radical (unpaired) electrons. The maximum absolute atomic E-state index is 13.1. The zero-order chi connectivity index (χ0) is 43.2. The molecule has 0 aromatic heterocycles. The molecule has 5 aromatic rings. The van der Waals surface area contributed by atoms with Crippen LogP contribution in [0.1, 0.15) is 134 Å². The predicted octanol–water partition coefficient (Wildman–Crippen LogP) is 14.4. The first-order chi connectivity index (χ1) is 29.7. The molecule has 0 aliphatic rings. The summed E-state index contributed by atoms with van der Waals surface area (Å²) in [6, 6.07) is 30.1. The number of esters is 2. The Labute approximate surface area is 367 Å². The number of aryl methyl sites for hydroxylation is 2. The summed E-state index contributed by atoms with van der Waals surface area (Å²) in [6.07, 6.45) is 18.2. The van der Waals surface area contributed by atoms with E-state index in [9.17, 15) is 9.59 Å². The van der Waals surface area contributed by atoms with E-state index < -0.39 is 11.9 Å². The first-order valence-electron chi connectivity index (χ1n) is 21.7. The van der Waals surface area contributed by atoms with E-state index in [4.69, 9.17) is 30.5 Å². The number of carbonyl (C=O) groups is 2. The van der Waals surface area contributed by atoms with Crippen molar-refractivity contribution in [2.24, 2.45) is 9.98 Å². The van der Waals surface area contributed by atoms with E-state index in [2.05, 4.69) is 23.8 Å². The number of ether oxygens (including phenoxy) is 4. The van der Waals surface area contributed by atoms with Crippen LogP contribution in [0.3, 0.4) is 0 Å². The van der Waals surface area contributed by atoms with Crippen molar-refractivity contribution in [1.29, 1.82) is 0 Å². The lowest BCUT2D eigenvalue weighted by Crippen LogP contribution is -2.10. The number of benzene rings is 5. The Morgan fingerprint density at radius 1 is 0.508 bits per heavy atom. The van der Waals surface area contributed by atoms with Crippen LogP contribution in [0.2, 0.25) is 5.02 Å². The number of unbranched alkanes of at least 4 members (excludes halogenated alkanes) is 10. The van der Waals surface area contributed by atoms with Crippen LogP contribution in [0, 0.1) is 13.8 Å². The summed E-state index contributed by atoms with van der Waals surface area (Å²) in [6.45, 7) is 9.94. The van der Waals surface area contributed by atoms with Crippen molar-refractivity contribution in [2.45, 2.75) is 105 Å². The molecule has 61 heavy (non-hydrogen) atoms. The van der Waals surface area contributed by atoms with E-state index in [1.54, 1.807) is 61.0 Å². The predicted molar refractivity (Wildman–Crippen MR) is 249 cm³/mol. The summed E-state index contributed by atoms with van der Waals surface area (Å²) >= 11 is 6.37. The highest BCUT2D eigenvalue weighted by Crippen LogP contribution is 2.31. The van der Waals surface area contributed by atoms with E-state index in [1.807, 2.05) is 50.2 Å². The zero-order valence-corrected chi connectivity index (χ0v) is 36.8. The third kappa shape index (κ3) is 15.7. The SMILES string of the molecule is CCCCCCCCOc1ccc(N=Cc2ccc(C(=O)Oc3ccc(Cl)c(OC(=O)c4ccc(C=Nc5ccc(OCCCCCCCC)c(C)c5)cc4)c3)cc2)cc1C. The third-order valence-corrected chi connectivity index (χ3v) is 10.5. The average molecular weight is 844 g/mol. The standard InChI is InChI=1S/C52H59ClN2O6/c1-5-7-9-11-13-15-31-58-48-29-25-44(33-38(48)3)54-36-40-17-21-42(22-18-40)51(56)60-46-27-28-47(53)50(35-46)61-52(57)43-23-19-41(20-24-43)37-55-45-26-30-49(39(4)34-45)59-32-16-14-12-10-8-6-2/h17-30,33-37H,5-16,31-32H2,1-4H3. The molecule has 0 heterocycles. The maximum atomic E-state index is 13.1. The number of nitrogens with zero attached hydrogens (tertiary/aromatic N) is 2. The minimum Gasteiger partial charge on any atom is -0.493 e. The van der Waals surface area contributed by atoms with Gasteiger partial charge in [-0.05, 0) is 122 Å². The van der Waals surface area contributed by atoms with Crippen molar-refractivity contribution in [3.8, 4) is 23.0 Å². The summed E-state index contributed by atoms with van der Waals surface area (Å²) in [5, 5.41) is 0.195. The highest BCUT2D eigenvalue weighted by molar-refractivity contribution is 6.32. The second-order valence-electron chi connectivity index (χ2n) is 15.3. The molecule has 0 atom stereocenters. The lowest BCUT2D eigenvalue weighted by Gasteiger charge is -2.10. The lowest BCUT2D eigenvalue weighted by atomic mass is 10.1. The summed E-state index contributed by atoms with van der Waals surface area (Å²) in [5.74, 6) is 0.820. The van der Waals surface area contributed by atoms with E-state index in [0.29, 0.717) is 11.1 Å². The molecule has 0 saturated carbocycles. The van der Waals surface area contributed by atoms with Crippen LogP contribution in [0.25, 0.3) is 0 Å². The van der Waals surface area contributed by atoms with Gasteiger partial charge in [0.25, 0.3) is 0 Å². The van der Waals surface area contributed by atoms with Gasteiger partial charge in [0, 0.05) is 18.5 Å². The van der Waals surface area contributed by atoms with E-state index in [1.165, 1.54) is 82.4 Å². The van der Waals surface area contributed by atoms with Crippen molar-refractivity contribution >= 4 is 47.3 Å². The molecule has 0 N–H and O–H groups in total. The highest BCUT2D eigenvalue weighted by atomic mass is 35.5. The number of hydrogen-bond donors (Lipinski definition) is 0. The van der Waals surface area contributed by atoms with Crippen LogP contribution in [0.15, 0.2) is 113 Å². The maximum Gasteiger partial charge on any atom is 0.343 e.